The number of benzene rings is 2. The van der Waals surface area contributed by atoms with Gasteiger partial charge in [0.25, 0.3) is 0 Å². The summed E-state index contributed by atoms with van der Waals surface area (Å²) in [6.45, 7) is 0. The number of rotatable bonds is 1. The van der Waals surface area contributed by atoms with Crippen molar-refractivity contribution in [1.82, 2.24) is 0 Å². The fourth-order valence-corrected chi connectivity index (χ4v) is 1.69. The Hall–Kier alpha value is -3.41. The second-order valence-electron chi connectivity index (χ2n) is 4.26. The summed E-state index contributed by atoms with van der Waals surface area (Å²) in [5.41, 5.74) is 2.21. The zero-order valence-corrected chi connectivity index (χ0v) is 12.1. The minimum Gasteiger partial charge on any atom is -0.497 e. The number of methoxy groups -OCH3 is 1. The van der Waals surface area contributed by atoms with Crippen LogP contribution in [0.5, 0.6) is 5.75 Å². The molecule has 0 N–H and O–H groups in total. The number of allylic oxidation sites excluding steroid dienone is 2. The van der Waals surface area contributed by atoms with E-state index in [1.54, 1.807) is 25.3 Å². The van der Waals surface area contributed by atoms with Gasteiger partial charge in [0, 0.05) is 11.1 Å². The molecule has 0 heterocycles. The van der Waals surface area contributed by atoms with Gasteiger partial charge in [-0.25, -0.2) is 0 Å². The van der Waals surface area contributed by atoms with Gasteiger partial charge in [-0.2, -0.15) is 5.26 Å². The lowest BCUT2D eigenvalue weighted by molar-refractivity contribution is 0.415. The third kappa shape index (κ3) is 4.31. The molecule has 2 rings (SSSR count). The molecule has 0 spiro atoms. The minimum absolute atomic E-state index is 0.577. The van der Waals surface area contributed by atoms with Crippen molar-refractivity contribution in [3.63, 3.8) is 0 Å². The van der Waals surface area contributed by atoms with Crippen molar-refractivity contribution in [2.75, 3.05) is 7.11 Å². The molecule has 0 aliphatic carbocycles. The molecule has 0 saturated carbocycles. The van der Waals surface area contributed by atoms with Crippen LogP contribution in [0.1, 0.15) is 16.7 Å². The van der Waals surface area contributed by atoms with Crippen molar-refractivity contribution in [1.29, 1.82) is 5.26 Å². The van der Waals surface area contributed by atoms with Crippen LogP contribution < -0.4 is 4.74 Å². The molecular weight excluding hydrogens is 270 g/mol. The quantitative estimate of drug-likeness (QED) is 0.750. The second kappa shape index (κ2) is 8.01. The Balaban J connectivity index is 2.01. The molecule has 0 bridgehead atoms. The van der Waals surface area contributed by atoms with Crippen molar-refractivity contribution < 1.29 is 4.74 Å². The molecule has 2 heteroatoms. The van der Waals surface area contributed by atoms with Gasteiger partial charge < -0.3 is 4.74 Å². The summed E-state index contributed by atoms with van der Waals surface area (Å²) in [6.07, 6.45) is 3.36. The molecule has 0 unspecified atom stereocenters. The van der Waals surface area contributed by atoms with E-state index in [0.29, 0.717) is 5.56 Å². The van der Waals surface area contributed by atoms with Crippen LogP contribution in [-0.4, -0.2) is 7.11 Å². The third-order valence-electron chi connectivity index (χ3n) is 2.81. The molecule has 2 nitrogen and oxygen atoms in total. The first-order chi connectivity index (χ1) is 10.8. The van der Waals surface area contributed by atoms with Crippen LogP contribution in [0.4, 0.5) is 0 Å². The average Bonchev–Trinajstić information content (AvgIpc) is 2.58. The molecule has 0 aliphatic rings. The molecule has 0 atom stereocenters. The lowest BCUT2D eigenvalue weighted by Crippen LogP contribution is -1.81. The standard InChI is InChI=1S/C20H13NO/c1-22-20-14-12-17(13-15-20)8-4-2-3-5-9-18-10-6-7-11-19(18)16-21/h2-3,6-7,10-15H,1H3. The predicted molar refractivity (Wildman–Crippen MR) is 87.0 cm³/mol. The van der Waals surface area contributed by atoms with E-state index >= 15 is 0 Å². The molecule has 0 saturated heterocycles. The zero-order valence-electron chi connectivity index (χ0n) is 12.1. The summed E-state index contributed by atoms with van der Waals surface area (Å²) in [4.78, 5) is 0. The van der Waals surface area contributed by atoms with Gasteiger partial charge in [0.2, 0.25) is 0 Å². The van der Waals surface area contributed by atoms with E-state index in [0.717, 1.165) is 16.9 Å². The summed E-state index contributed by atoms with van der Waals surface area (Å²) in [6, 6.07) is 16.9. The molecule has 2 aromatic rings. The maximum absolute atomic E-state index is 8.96. The zero-order chi connectivity index (χ0) is 15.6. The summed E-state index contributed by atoms with van der Waals surface area (Å²) >= 11 is 0. The van der Waals surface area contributed by atoms with Crippen molar-refractivity contribution in [2.45, 2.75) is 0 Å². The summed E-state index contributed by atoms with van der Waals surface area (Å²) < 4.78 is 5.08. The van der Waals surface area contributed by atoms with Crippen LogP contribution >= 0.6 is 0 Å². The monoisotopic (exact) mass is 283 g/mol. The van der Waals surface area contributed by atoms with Gasteiger partial charge in [-0.15, -0.1) is 0 Å². The van der Waals surface area contributed by atoms with Gasteiger partial charge in [0.05, 0.1) is 12.7 Å². The average molecular weight is 283 g/mol. The Kier molecular flexibility index (Phi) is 5.45. The van der Waals surface area contributed by atoms with Crippen molar-refractivity contribution in [3.8, 4) is 35.5 Å². The van der Waals surface area contributed by atoms with E-state index in [4.69, 9.17) is 10.00 Å². The van der Waals surface area contributed by atoms with Crippen molar-refractivity contribution >= 4 is 0 Å². The summed E-state index contributed by atoms with van der Waals surface area (Å²) in [5.74, 6) is 12.5. The highest BCUT2D eigenvalue weighted by molar-refractivity contribution is 5.49. The van der Waals surface area contributed by atoms with Crippen LogP contribution in [0.15, 0.2) is 60.7 Å². The maximum atomic E-state index is 8.96. The summed E-state index contributed by atoms with van der Waals surface area (Å²) in [7, 11) is 1.63. The number of nitriles is 1. The predicted octanol–water partition coefficient (Wildman–Crippen LogP) is 3.53. The van der Waals surface area contributed by atoms with Crippen LogP contribution in [0.3, 0.4) is 0 Å². The van der Waals surface area contributed by atoms with Crippen molar-refractivity contribution in [3.05, 3.63) is 77.4 Å². The van der Waals surface area contributed by atoms with Gasteiger partial charge >= 0.3 is 0 Å². The first kappa shape index (κ1) is 15.0. The first-order valence-electron chi connectivity index (χ1n) is 6.65. The van der Waals surface area contributed by atoms with Crippen LogP contribution in [0.25, 0.3) is 0 Å². The van der Waals surface area contributed by atoms with E-state index in [1.165, 1.54) is 0 Å². The fraction of sp³-hybridized carbons (Fsp3) is 0.0500. The van der Waals surface area contributed by atoms with Gasteiger partial charge in [-0.1, -0.05) is 35.8 Å². The molecule has 0 aliphatic heterocycles. The third-order valence-corrected chi connectivity index (χ3v) is 2.81. The first-order valence-corrected chi connectivity index (χ1v) is 6.65. The lowest BCUT2D eigenvalue weighted by atomic mass is 10.1. The lowest BCUT2D eigenvalue weighted by Gasteiger charge is -1.97. The van der Waals surface area contributed by atoms with Crippen LogP contribution in [0.2, 0.25) is 0 Å². The highest BCUT2D eigenvalue weighted by Gasteiger charge is 1.94. The molecule has 0 radical (unpaired) electrons. The van der Waals surface area contributed by atoms with E-state index in [1.807, 2.05) is 42.5 Å². The highest BCUT2D eigenvalue weighted by atomic mass is 16.5. The molecule has 0 aromatic heterocycles. The number of ether oxygens (including phenoxy) is 1. The van der Waals surface area contributed by atoms with E-state index in [9.17, 15) is 0 Å². The highest BCUT2D eigenvalue weighted by Crippen LogP contribution is 2.10. The SMILES string of the molecule is COc1ccc(C#CC=CC#Cc2ccccc2C#N)cc1. The smallest absolute Gasteiger partial charge is 0.118 e. The van der Waals surface area contributed by atoms with Crippen LogP contribution in [-0.2, 0) is 0 Å². The Morgan fingerprint density at radius 2 is 1.50 bits per heavy atom. The Labute approximate surface area is 130 Å². The molecular formula is C20H13NO. The molecule has 104 valence electrons. The van der Waals surface area contributed by atoms with E-state index in [2.05, 4.69) is 29.8 Å². The van der Waals surface area contributed by atoms with Gasteiger partial charge in [0.1, 0.15) is 11.8 Å². The second-order valence-corrected chi connectivity index (χ2v) is 4.26. The normalized spacial score (nSPS) is 9.09. The summed E-state index contributed by atoms with van der Waals surface area (Å²) in [5, 5.41) is 8.96. The van der Waals surface area contributed by atoms with Crippen LogP contribution in [0, 0.1) is 35.0 Å². The molecule has 2 aromatic carbocycles. The van der Waals surface area contributed by atoms with Crippen molar-refractivity contribution in [2.24, 2.45) is 0 Å². The Bertz CT molecular complexity index is 831. The van der Waals surface area contributed by atoms with E-state index < -0.39 is 0 Å². The van der Waals surface area contributed by atoms with Gasteiger partial charge in [-0.3, -0.25) is 0 Å². The van der Waals surface area contributed by atoms with Gasteiger partial charge in [0.15, 0.2) is 0 Å². The molecule has 0 amide bonds. The molecule has 22 heavy (non-hydrogen) atoms. The Morgan fingerprint density at radius 3 is 2.14 bits per heavy atom. The number of hydrogen-bond donors (Lipinski definition) is 0. The minimum atomic E-state index is 0.577. The largest absolute Gasteiger partial charge is 0.497 e. The number of hydrogen-bond acceptors (Lipinski definition) is 2. The van der Waals surface area contributed by atoms with Gasteiger partial charge in [-0.05, 0) is 48.6 Å². The van der Waals surface area contributed by atoms with E-state index in [-0.39, 0.29) is 0 Å². The topological polar surface area (TPSA) is 33.0 Å². The molecule has 0 fully saturated rings. The fourth-order valence-electron chi connectivity index (χ4n) is 1.69. The Morgan fingerprint density at radius 1 is 0.864 bits per heavy atom. The number of nitrogens with zero attached hydrogens (tertiary/aromatic N) is 1. The maximum Gasteiger partial charge on any atom is 0.118 e.